The summed E-state index contributed by atoms with van der Waals surface area (Å²) in [5, 5.41) is 8.56. The first-order chi connectivity index (χ1) is 12.8. The molecule has 2 aromatic heterocycles. The predicted octanol–water partition coefficient (Wildman–Crippen LogP) is -0.488. The molecule has 0 spiro atoms. The topological polar surface area (TPSA) is 100 Å². The molecule has 0 bridgehead atoms. The highest BCUT2D eigenvalue weighted by atomic mass is 16.6. The molecule has 0 radical (unpaired) electrons. The van der Waals surface area contributed by atoms with Crippen LogP contribution in [0.5, 0.6) is 0 Å². The largest absolute Gasteiger partial charge is 0.475 e. The van der Waals surface area contributed by atoms with Crippen LogP contribution in [0.4, 0.5) is 0 Å². The lowest BCUT2D eigenvalue weighted by Crippen LogP contribution is -2.52. The Morgan fingerprint density at radius 1 is 1.48 bits per heavy atom. The molecule has 1 aliphatic rings. The Balaban J connectivity index is 1.81. The van der Waals surface area contributed by atoms with Gasteiger partial charge in [0.2, 0.25) is 5.88 Å². The van der Waals surface area contributed by atoms with Crippen LogP contribution in [-0.4, -0.2) is 51.1 Å². The van der Waals surface area contributed by atoms with E-state index in [0.717, 1.165) is 17.7 Å². The van der Waals surface area contributed by atoms with Gasteiger partial charge < -0.3 is 20.5 Å². The van der Waals surface area contributed by atoms with Gasteiger partial charge in [0.15, 0.2) is 0 Å². The number of nitrogens with zero attached hydrogens (tertiary/aromatic N) is 4. The molecule has 3 heterocycles. The number of aromatic nitrogens is 4. The molecule has 0 aliphatic carbocycles. The normalized spacial score (nSPS) is 21.0. The van der Waals surface area contributed by atoms with Crippen molar-refractivity contribution in [1.82, 2.24) is 25.1 Å². The van der Waals surface area contributed by atoms with Gasteiger partial charge in [-0.15, -0.1) is 0 Å². The van der Waals surface area contributed by atoms with Crippen LogP contribution < -0.4 is 21.7 Å². The molecule has 8 heteroatoms. The lowest BCUT2D eigenvalue weighted by molar-refractivity contribution is -0.110. The first-order valence-electron chi connectivity index (χ1n) is 8.82. The fourth-order valence-corrected chi connectivity index (χ4v) is 2.89. The van der Waals surface area contributed by atoms with E-state index in [0.29, 0.717) is 23.8 Å². The Kier molecular flexibility index (Phi) is 5.57. The first-order valence-corrected chi connectivity index (χ1v) is 8.82. The van der Waals surface area contributed by atoms with E-state index in [1.807, 2.05) is 33.2 Å². The molecule has 27 heavy (non-hydrogen) atoms. The highest BCUT2D eigenvalue weighted by Crippen LogP contribution is 2.15. The van der Waals surface area contributed by atoms with Crippen molar-refractivity contribution in [2.45, 2.75) is 25.6 Å². The standard InChI is InChI=1S/C19H26N6O2/c1-13(14-8-24-25(4)10-14)7-16-17(23-6-5-22-16)18(20)26-11-15-9-21-12-19(2,3)27-15/h5-8,10,15,21H,1,9,11-12,20H2,2-4H3/b16-7+,18-17-/t15-/m0/s1. The summed E-state index contributed by atoms with van der Waals surface area (Å²) in [6, 6.07) is 0. The number of hydrogen-bond acceptors (Lipinski definition) is 7. The maximum Gasteiger partial charge on any atom is 0.213 e. The van der Waals surface area contributed by atoms with Crippen molar-refractivity contribution in [1.29, 1.82) is 0 Å². The van der Waals surface area contributed by atoms with Crippen LogP contribution in [0.3, 0.4) is 0 Å². The molecular formula is C19H26N6O2. The van der Waals surface area contributed by atoms with Crippen LogP contribution in [0.2, 0.25) is 0 Å². The summed E-state index contributed by atoms with van der Waals surface area (Å²) in [4.78, 5) is 8.68. The quantitative estimate of drug-likeness (QED) is 0.733. The summed E-state index contributed by atoms with van der Waals surface area (Å²) >= 11 is 0. The van der Waals surface area contributed by atoms with E-state index in [4.69, 9.17) is 15.2 Å². The van der Waals surface area contributed by atoms with Crippen molar-refractivity contribution >= 4 is 17.5 Å². The number of hydrogen-bond donors (Lipinski definition) is 2. The molecule has 1 aliphatic heterocycles. The van der Waals surface area contributed by atoms with E-state index in [9.17, 15) is 0 Å². The minimum absolute atomic E-state index is 0.0817. The highest BCUT2D eigenvalue weighted by molar-refractivity contribution is 5.85. The molecular weight excluding hydrogens is 344 g/mol. The molecule has 8 nitrogen and oxygen atoms in total. The Morgan fingerprint density at radius 3 is 2.96 bits per heavy atom. The van der Waals surface area contributed by atoms with E-state index < -0.39 is 0 Å². The zero-order valence-electron chi connectivity index (χ0n) is 16.0. The number of morpholine rings is 1. The van der Waals surface area contributed by atoms with Crippen LogP contribution >= 0.6 is 0 Å². The van der Waals surface area contributed by atoms with Gasteiger partial charge in [-0.1, -0.05) is 6.58 Å². The average molecular weight is 370 g/mol. The van der Waals surface area contributed by atoms with Gasteiger partial charge in [-0.2, -0.15) is 5.10 Å². The van der Waals surface area contributed by atoms with Crippen LogP contribution in [-0.2, 0) is 16.5 Å². The summed E-state index contributed by atoms with van der Waals surface area (Å²) in [5.41, 5.74) is 7.58. The van der Waals surface area contributed by atoms with Gasteiger partial charge in [0.25, 0.3) is 0 Å². The van der Waals surface area contributed by atoms with E-state index in [2.05, 4.69) is 27.0 Å². The Morgan fingerprint density at radius 2 is 2.26 bits per heavy atom. The second-order valence-corrected chi connectivity index (χ2v) is 7.17. The molecule has 2 aromatic rings. The summed E-state index contributed by atoms with van der Waals surface area (Å²) in [6.45, 7) is 10.0. The Bertz CT molecular complexity index is 934. The van der Waals surface area contributed by atoms with Gasteiger partial charge in [0.05, 0.1) is 17.1 Å². The van der Waals surface area contributed by atoms with Gasteiger partial charge in [0.1, 0.15) is 18.1 Å². The fourth-order valence-electron chi connectivity index (χ4n) is 2.89. The third-order valence-electron chi connectivity index (χ3n) is 4.18. The third-order valence-corrected chi connectivity index (χ3v) is 4.18. The number of aryl methyl sites for hydroxylation is 1. The Hall–Kier alpha value is -2.71. The van der Waals surface area contributed by atoms with Crippen molar-refractivity contribution in [3.8, 4) is 0 Å². The van der Waals surface area contributed by atoms with Gasteiger partial charge in [-0.25, -0.2) is 4.98 Å². The van der Waals surface area contributed by atoms with E-state index in [-0.39, 0.29) is 17.6 Å². The van der Waals surface area contributed by atoms with Crippen LogP contribution in [0.25, 0.3) is 17.5 Å². The monoisotopic (exact) mass is 370 g/mol. The molecule has 3 N–H and O–H groups in total. The van der Waals surface area contributed by atoms with Crippen molar-refractivity contribution in [3.63, 3.8) is 0 Å². The molecule has 0 aromatic carbocycles. The van der Waals surface area contributed by atoms with Crippen LogP contribution in [0.1, 0.15) is 19.4 Å². The van der Waals surface area contributed by atoms with Gasteiger partial charge in [0, 0.05) is 44.3 Å². The molecule has 1 fully saturated rings. The van der Waals surface area contributed by atoms with Crippen molar-refractivity contribution < 1.29 is 9.47 Å². The molecule has 0 amide bonds. The lowest BCUT2D eigenvalue weighted by Gasteiger charge is -2.36. The predicted molar refractivity (Wildman–Crippen MR) is 103 cm³/mol. The van der Waals surface area contributed by atoms with Gasteiger partial charge in [-0.05, 0) is 25.5 Å². The minimum Gasteiger partial charge on any atom is -0.475 e. The third kappa shape index (κ3) is 4.93. The lowest BCUT2D eigenvalue weighted by atomic mass is 10.1. The van der Waals surface area contributed by atoms with Gasteiger partial charge >= 0.3 is 0 Å². The summed E-state index contributed by atoms with van der Waals surface area (Å²) in [5.74, 6) is 0.209. The van der Waals surface area contributed by atoms with E-state index in [1.165, 1.54) is 0 Å². The average Bonchev–Trinajstić information content (AvgIpc) is 3.06. The maximum atomic E-state index is 6.15. The maximum absolute atomic E-state index is 6.15. The molecule has 1 saturated heterocycles. The fraction of sp³-hybridized carbons (Fsp3) is 0.421. The number of allylic oxidation sites excluding steroid dienone is 1. The molecule has 0 saturated carbocycles. The number of nitrogens with two attached hydrogens (primary N) is 1. The SMILES string of the molecule is C=C(/C=c1/nccn/c1=C(/N)OC[C@@H]1CNCC(C)(C)O1)c1cnn(C)c1. The first kappa shape index (κ1) is 19.1. The van der Waals surface area contributed by atoms with Crippen LogP contribution in [0.15, 0.2) is 31.4 Å². The summed E-state index contributed by atoms with van der Waals surface area (Å²) in [6.07, 6.45) is 8.55. The number of ether oxygens (including phenoxy) is 2. The van der Waals surface area contributed by atoms with Crippen molar-refractivity contribution in [2.75, 3.05) is 19.7 Å². The zero-order chi connectivity index (χ0) is 19.4. The number of rotatable bonds is 5. The second kappa shape index (κ2) is 7.89. The second-order valence-electron chi connectivity index (χ2n) is 7.17. The zero-order valence-corrected chi connectivity index (χ0v) is 16.0. The van der Waals surface area contributed by atoms with Crippen LogP contribution in [0, 0.1) is 0 Å². The smallest absolute Gasteiger partial charge is 0.213 e. The molecule has 144 valence electrons. The molecule has 0 unspecified atom stereocenters. The van der Waals surface area contributed by atoms with Gasteiger partial charge in [-0.3, -0.25) is 9.67 Å². The van der Waals surface area contributed by atoms with Crippen molar-refractivity contribution in [2.24, 2.45) is 12.8 Å². The minimum atomic E-state index is -0.228. The molecule has 1 atom stereocenters. The number of nitrogens with one attached hydrogen (secondary N) is 1. The van der Waals surface area contributed by atoms with E-state index >= 15 is 0 Å². The summed E-state index contributed by atoms with van der Waals surface area (Å²) in [7, 11) is 1.85. The van der Waals surface area contributed by atoms with Crippen molar-refractivity contribution in [3.05, 3.63) is 47.6 Å². The Labute approximate surface area is 158 Å². The highest BCUT2D eigenvalue weighted by Gasteiger charge is 2.28. The summed E-state index contributed by atoms with van der Waals surface area (Å²) < 4.78 is 13.5. The molecule has 3 rings (SSSR count). The van der Waals surface area contributed by atoms with E-state index in [1.54, 1.807) is 23.3 Å².